The number of methoxy groups -OCH3 is 1. The molecule has 1 fully saturated rings. The van der Waals surface area contributed by atoms with Gasteiger partial charge in [0.25, 0.3) is 5.69 Å². The molecule has 1 aliphatic rings. The van der Waals surface area contributed by atoms with Crippen molar-refractivity contribution < 1.29 is 9.66 Å². The zero-order valence-corrected chi connectivity index (χ0v) is 13.5. The van der Waals surface area contributed by atoms with E-state index >= 15 is 0 Å². The third kappa shape index (κ3) is 3.44. The van der Waals surface area contributed by atoms with E-state index in [4.69, 9.17) is 4.74 Å². The first-order valence-electron chi connectivity index (χ1n) is 7.41. The summed E-state index contributed by atoms with van der Waals surface area (Å²) in [5, 5.41) is 23.6. The van der Waals surface area contributed by atoms with E-state index in [2.05, 4.69) is 15.5 Å². The molecule has 1 heterocycles. The molecule has 0 spiro atoms. The number of hydrogen-bond acceptors (Lipinski definition) is 7. The van der Waals surface area contributed by atoms with E-state index in [1.807, 2.05) is 4.68 Å². The molecule has 2 aromatic rings. The van der Waals surface area contributed by atoms with Crippen LogP contribution in [0.5, 0.6) is 5.75 Å². The average Bonchev–Trinajstić information content (AvgIpc) is 3.23. The van der Waals surface area contributed by atoms with E-state index in [1.54, 1.807) is 13.2 Å². The Labute approximate surface area is 137 Å². The Hall–Kier alpha value is -2.16. The van der Waals surface area contributed by atoms with Crippen LogP contribution in [0.3, 0.4) is 0 Å². The van der Waals surface area contributed by atoms with E-state index in [0.29, 0.717) is 17.5 Å². The number of non-ortho nitro benzene ring substituents is 1. The number of thioether (sulfide) groups is 1. The number of nitro benzene ring substituents is 1. The van der Waals surface area contributed by atoms with Crippen LogP contribution in [-0.4, -0.2) is 32.2 Å². The molecule has 0 atom stereocenters. The predicted octanol–water partition coefficient (Wildman–Crippen LogP) is 3.00. The van der Waals surface area contributed by atoms with Crippen molar-refractivity contribution in [2.75, 3.05) is 7.11 Å². The van der Waals surface area contributed by atoms with Crippen molar-refractivity contribution in [2.45, 2.75) is 42.6 Å². The molecular weight excluding hydrogens is 318 g/mol. The molecule has 1 saturated carbocycles. The van der Waals surface area contributed by atoms with Gasteiger partial charge in [0.1, 0.15) is 5.75 Å². The van der Waals surface area contributed by atoms with Crippen LogP contribution in [0.15, 0.2) is 23.4 Å². The summed E-state index contributed by atoms with van der Waals surface area (Å²) < 4.78 is 7.16. The van der Waals surface area contributed by atoms with Crippen molar-refractivity contribution in [3.8, 4) is 5.75 Å². The largest absolute Gasteiger partial charge is 0.496 e. The third-order valence-electron chi connectivity index (χ3n) is 3.96. The summed E-state index contributed by atoms with van der Waals surface area (Å²) in [7, 11) is 1.55. The molecule has 0 radical (unpaired) electrons. The summed E-state index contributed by atoms with van der Waals surface area (Å²) in [5.41, 5.74) is 0.810. The average molecular weight is 335 g/mol. The Morgan fingerprint density at radius 2 is 2.22 bits per heavy atom. The highest BCUT2D eigenvalue weighted by molar-refractivity contribution is 7.98. The first-order valence-corrected chi connectivity index (χ1v) is 8.39. The van der Waals surface area contributed by atoms with Crippen LogP contribution in [0.2, 0.25) is 0 Å². The number of nitrogens with zero attached hydrogens (tertiary/aromatic N) is 5. The highest BCUT2D eigenvalue weighted by atomic mass is 32.2. The minimum atomic E-state index is -0.407. The lowest BCUT2D eigenvalue weighted by molar-refractivity contribution is -0.384. The molecule has 0 bridgehead atoms. The fourth-order valence-electron chi connectivity index (χ4n) is 2.79. The summed E-state index contributed by atoms with van der Waals surface area (Å²) in [4.78, 5) is 10.5. The van der Waals surface area contributed by atoms with Crippen LogP contribution in [-0.2, 0) is 5.75 Å². The minimum absolute atomic E-state index is 0.0526. The van der Waals surface area contributed by atoms with Gasteiger partial charge in [0, 0.05) is 23.4 Å². The summed E-state index contributed by atoms with van der Waals surface area (Å²) in [6.07, 6.45) is 4.60. The monoisotopic (exact) mass is 335 g/mol. The number of ether oxygens (including phenoxy) is 1. The standard InChI is InChI=1S/C14H17N5O3S/c1-22-13-7-6-12(19(20)21)8-10(13)9-23-14-15-16-17-18(14)11-4-2-3-5-11/h6-8,11H,2-5,9H2,1H3. The topological polar surface area (TPSA) is 96.0 Å². The normalized spacial score (nSPS) is 15.0. The van der Waals surface area contributed by atoms with E-state index in [-0.39, 0.29) is 5.69 Å². The van der Waals surface area contributed by atoms with Gasteiger partial charge in [-0.05, 0) is 29.3 Å². The van der Waals surface area contributed by atoms with Crippen LogP contribution < -0.4 is 4.74 Å². The molecule has 23 heavy (non-hydrogen) atoms. The quantitative estimate of drug-likeness (QED) is 0.455. The number of tetrazole rings is 1. The zero-order valence-electron chi connectivity index (χ0n) is 12.7. The van der Waals surface area contributed by atoms with Crippen molar-refractivity contribution in [3.63, 3.8) is 0 Å². The SMILES string of the molecule is COc1ccc([N+](=O)[O-])cc1CSc1nnnn1C1CCCC1. The predicted molar refractivity (Wildman–Crippen MR) is 84.5 cm³/mol. The lowest BCUT2D eigenvalue weighted by Gasteiger charge is -2.11. The highest BCUT2D eigenvalue weighted by Crippen LogP contribution is 2.34. The van der Waals surface area contributed by atoms with E-state index in [1.165, 1.54) is 36.7 Å². The molecule has 0 N–H and O–H groups in total. The minimum Gasteiger partial charge on any atom is -0.496 e. The molecule has 9 heteroatoms. The first kappa shape index (κ1) is 15.7. The number of nitro groups is 1. The number of hydrogen-bond donors (Lipinski definition) is 0. The molecule has 0 aliphatic heterocycles. The molecule has 1 aromatic heterocycles. The molecule has 122 valence electrons. The van der Waals surface area contributed by atoms with Crippen molar-refractivity contribution in [1.29, 1.82) is 0 Å². The van der Waals surface area contributed by atoms with Crippen LogP contribution in [0.4, 0.5) is 5.69 Å². The Balaban J connectivity index is 1.77. The van der Waals surface area contributed by atoms with Crippen LogP contribution in [0, 0.1) is 10.1 Å². The smallest absolute Gasteiger partial charge is 0.270 e. The van der Waals surface area contributed by atoms with Gasteiger partial charge in [-0.15, -0.1) is 5.10 Å². The van der Waals surface area contributed by atoms with Gasteiger partial charge in [-0.2, -0.15) is 0 Å². The summed E-state index contributed by atoms with van der Waals surface area (Å²) in [6, 6.07) is 4.96. The number of benzene rings is 1. The van der Waals surface area contributed by atoms with E-state index in [9.17, 15) is 10.1 Å². The molecule has 0 amide bonds. The maximum Gasteiger partial charge on any atom is 0.270 e. The maximum absolute atomic E-state index is 10.9. The van der Waals surface area contributed by atoms with Gasteiger partial charge in [0.15, 0.2) is 0 Å². The molecular formula is C14H17N5O3S. The molecule has 0 saturated heterocycles. The molecule has 1 aliphatic carbocycles. The van der Waals surface area contributed by atoms with E-state index < -0.39 is 4.92 Å². The van der Waals surface area contributed by atoms with Crippen LogP contribution in [0.25, 0.3) is 0 Å². The highest BCUT2D eigenvalue weighted by Gasteiger charge is 2.22. The van der Waals surface area contributed by atoms with Crippen molar-refractivity contribution in [1.82, 2.24) is 20.2 Å². The van der Waals surface area contributed by atoms with Gasteiger partial charge in [-0.1, -0.05) is 24.6 Å². The second-order valence-corrected chi connectivity index (χ2v) is 6.33. The maximum atomic E-state index is 10.9. The van der Waals surface area contributed by atoms with Crippen molar-refractivity contribution >= 4 is 17.4 Å². The Morgan fingerprint density at radius 1 is 1.43 bits per heavy atom. The van der Waals surface area contributed by atoms with Gasteiger partial charge < -0.3 is 4.74 Å². The molecule has 0 unspecified atom stereocenters. The summed E-state index contributed by atoms with van der Waals surface area (Å²) >= 11 is 1.47. The van der Waals surface area contributed by atoms with Gasteiger partial charge in [0.05, 0.1) is 18.1 Å². The second-order valence-electron chi connectivity index (χ2n) is 5.39. The fraction of sp³-hybridized carbons (Fsp3) is 0.500. The van der Waals surface area contributed by atoms with Crippen molar-refractivity contribution in [3.05, 3.63) is 33.9 Å². The third-order valence-corrected chi connectivity index (χ3v) is 4.95. The van der Waals surface area contributed by atoms with Gasteiger partial charge in [-0.3, -0.25) is 10.1 Å². The van der Waals surface area contributed by atoms with Crippen molar-refractivity contribution in [2.24, 2.45) is 0 Å². The molecule has 8 nitrogen and oxygen atoms in total. The molecule has 3 rings (SSSR count). The van der Waals surface area contributed by atoms with Gasteiger partial charge in [-0.25, -0.2) is 4.68 Å². The summed E-state index contributed by atoms with van der Waals surface area (Å²) in [5.74, 6) is 1.14. The van der Waals surface area contributed by atoms with Gasteiger partial charge >= 0.3 is 0 Å². The van der Waals surface area contributed by atoms with Gasteiger partial charge in [0.2, 0.25) is 5.16 Å². The summed E-state index contributed by atoms with van der Waals surface area (Å²) in [6.45, 7) is 0. The fourth-order valence-corrected chi connectivity index (χ4v) is 3.71. The second kappa shape index (κ2) is 6.95. The van der Waals surface area contributed by atoms with Crippen LogP contribution in [0.1, 0.15) is 37.3 Å². The Bertz CT molecular complexity index is 699. The lowest BCUT2D eigenvalue weighted by Crippen LogP contribution is -2.08. The lowest BCUT2D eigenvalue weighted by atomic mass is 10.2. The Kier molecular flexibility index (Phi) is 4.75. The first-order chi connectivity index (χ1) is 11.2. The number of rotatable bonds is 6. The van der Waals surface area contributed by atoms with Crippen LogP contribution >= 0.6 is 11.8 Å². The van der Waals surface area contributed by atoms with E-state index in [0.717, 1.165) is 23.6 Å². The number of aromatic nitrogens is 4. The Morgan fingerprint density at radius 3 is 2.91 bits per heavy atom. The zero-order chi connectivity index (χ0) is 16.2. The molecule has 1 aromatic carbocycles.